The Balaban J connectivity index is 1.95. The number of benzene rings is 2. The third-order valence-corrected chi connectivity index (χ3v) is 3.26. The molecule has 20 heavy (non-hydrogen) atoms. The van der Waals surface area contributed by atoms with Crippen LogP contribution in [-0.4, -0.2) is 12.6 Å². The van der Waals surface area contributed by atoms with Crippen LogP contribution < -0.4 is 16.0 Å². The molecule has 0 bridgehead atoms. The van der Waals surface area contributed by atoms with Crippen LogP contribution in [0.3, 0.4) is 0 Å². The molecule has 2 aromatic carbocycles. The first-order valence-corrected chi connectivity index (χ1v) is 6.64. The Morgan fingerprint density at radius 2 is 1.95 bits per heavy atom. The van der Waals surface area contributed by atoms with E-state index in [9.17, 15) is 4.39 Å². The topological polar surface area (TPSA) is 47.3 Å². The summed E-state index contributed by atoms with van der Waals surface area (Å²) < 4.78 is 18.6. The lowest BCUT2D eigenvalue weighted by Gasteiger charge is -2.17. The summed E-state index contributed by atoms with van der Waals surface area (Å²) in [6, 6.07) is 13.7. The number of nitrogens with two attached hydrogens (primary N) is 1. The van der Waals surface area contributed by atoms with Gasteiger partial charge in [-0.05, 0) is 36.2 Å². The van der Waals surface area contributed by atoms with Crippen molar-refractivity contribution in [2.45, 2.75) is 12.5 Å². The number of ether oxygens (including phenoxy) is 1. The smallest absolute Gasteiger partial charge is 0.124 e. The predicted molar refractivity (Wildman–Crippen MR) is 78.2 cm³/mol. The van der Waals surface area contributed by atoms with Gasteiger partial charge < -0.3 is 4.74 Å². The summed E-state index contributed by atoms with van der Waals surface area (Å²) in [5, 5.41) is 0.393. The lowest BCUT2D eigenvalue weighted by Crippen LogP contribution is -2.41. The SMILES string of the molecule is NNC(COc1ccccc1)Cc1ccc(F)cc1Cl. The molecule has 3 nitrogen and oxygen atoms in total. The number of hydrazine groups is 1. The van der Waals surface area contributed by atoms with Gasteiger partial charge in [0.1, 0.15) is 18.2 Å². The maximum Gasteiger partial charge on any atom is 0.124 e. The second-order valence-electron chi connectivity index (χ2n) is 4.43. The zero-order chi connectivity index (χ0) is 14.4. The van der Waals surface area contributed by atoms with Gasteiger partial charge >= 0.3 is 0 Å². The molecule has 106 valence electrons. The summed E-state index contributed by atoms with van der Waals surface area (Å²) in [7, 11) is 0. The molecule has 0 heterocycles. The maximum absolute atomic E-state index is 13.0. The van der Waals surface area contributed by atoms with Crippen LogP contribution in [0.25, 0.3) is 0 Å². The zero-order valence-electron chi connectivity index (χ0n) is 10.9. The van der Waals surface area contributed by atoms with Gasteiger partial charge in [-0.15, -0.1) is 0 Å². The van der Waals surface area contributed by atoms with Crippen molar-refractivity contribution in [2.75, 3.05) is 6.61 Å². The molecular formula is C15H16ClFN2O. The number of hydrogen-bond donors (Lipinski definition) is 2. The van der Waals surface area contributed by atoms with Crippen LogP contribution in [0.15, 0.2) is 48.5 Å². The first-order valence-electron chi connectivity index (χ1n) is 6.27. The van der Waals surface area contributed by atoms with Crippen molar-refractivity contribution in [3.63, 3.8) is 0 Å². The van der Waals surface area contributed by atoms with E-state index in [-0.39, 0.29) is 11.9 Å². The van der Waals surface area contributed by atoms with E-state index in [4.69, 9.17) is 22.2 Å². The molecule has 2 aromatic rings. The fraction of sp³-hybridized carbons (Fsp3) is 0.200. The number of halogens is 2. The molecule has 0 saturated heterocycles. The van der Waals surface area contributed by atoms with Crippen LogP contribution in [0.4, 0.5) is 4.39 Å². The number of rotatable bonds is 6. The van der Waals surface area contributed by atoms with E-state index in [2.05, 4.69) is 5.43 Å². The van der Waals surface area contributed by atoms with Crippen molar-refractivity contribution >= 4 is 11.6 Å². The third-order valence-electron chi connectivity index (χ3n) is 2.91. The van der Waals surface area contributed by atoms with E-state index in [0.717, 1.165) is 11.3 Å². The summed E-state index contributed by atoms with van der Waals surface area (Å²) in [5.41, 5.74) is 3.51. The highest BCUT2D eigenvalue weighted by Gasteiger charge is 2.11. The molecular weight excluding hydrogens is 279 g/mol. The monoisotopic (exact) mass is 294 g/mol. The van der Waals surface area contributed by atoms with Gasteiger partial charge in [-0.2, -0.15) is 0 Å². The average Bonchev–Trinajstić information content (AvgIpc) is 2.46. The molecule has 3 N–H and O–H groups in total. The molecule has 0 aliphatic carbocycles. The highest BCUT2D eigenvalue weighted by atomic mass is 35.5. The Bertz CT molecular complexity index is 551. The van der Waals surface area contributed by atoms with E-state index in [1.165, 1.54) is 12.1 Å². The Labute approximate surface area is 122 Å². The van der Waals surface area contributed by atoms with E-state index >= 15 is 0 Å². The van der Waals surface area contributed by atoms with Crippen molar-refractivity contribution in [1.29, 1.82) is 0 Å². The Morgan fingerprint density at radius 1 is 1.20 bits per heavy atom. The second kappa shape index (κ2) is 7.24. The van der Waals surface area contributed by atoms with Crippen molar-refractivity contribution in [1.82, 2.24) is 5.43 Å². The molecule has 0 radical (unpaired) electrons. The summed E-state index contributed by atoms with van der Waals surface area (Å²) in [4.78, 5) is 0. The van der Waals surface area contributed by atoms with E-state index in [1.54, 1.807) is 6.07 Å². The summed E-state index contributed by atoms with van der Waals surface area (Å²) in [5.74, 6) is 5.94. The first-order chi connectivity index (χ1) is 9.69. The first kappa shape index (κ1) is 14.8. The predicted octanol–water partition coefficient (Wildman–Crippen LogP) is 2.93. The van der Waals surface area contributed by atoms with Crippen LogP contribution in [0.1, 0.15) is 5.56 Å². The number of para-hydroxylation sites is 1. The second-order valence-corrected chi connectivity index (χ2v) is 4.83. The molecule has 1 atom stereocenters. The molecule has 0 aliphatic heterocycles. The number of hydrogen-bond acceptors (Lipinski definition) is 3. The minimum absolute atomic E-state index is 0.113. The molecule has 0 aliphatic rings. The zero-order valence-corrected chi connectivity index (χ0v) is 11.6. The molecule has 5 heteroatoms. The van der Waals surface area contributed by atoms with E-state index in [1.807, 2.05) is 30.3 Å². The lowest BCUT2D eigenvalue weighted by molar-refractivity contribution is 0.264. The summed E-state index contributed by atoms with van der Waals surface area (Å²) in [6.07, 6.45) is 0.558. The third kappa shape index (κ3) is 4.20. The highest BCUT2D eigenvalue weighted by Crippen LogP contribution is 2.19. The van der Waals surface area contributed by atoms with Gasteiger partial charge in [-0.3, -0.25) is 11.3 Å². The molecule has 0 amide bonds. The molecule has 2 rings (SSSR count). The van der Waals surface area contributed by atoms with Gasteiger partial charge in [0.05, 0.1) is 6.04 Å². The molecule has 0 saturated carbocycles. The van der Waals surface area contributed by atoms with Crippen LogP contribution in [0.5, 0.6) is 5.75 Å². The highest BCUT2D eigenvalue weighted by molar-refractivity contribution is 6.31. The molecule has 0 aromatic heterocycles. The lowest BCUT2D eigenvalue weighted by atomic mass is 10.1. The Morgan fingerprint density at radius 3 is 2.60 bits per heavy atom. The van der Waals surface area contributed by atoms with Crippen molar-refractivity contribution in [3.8, 4) is 5.75 Å². The normalized spacial score (nSPS) is 12.2. The van der Waals surface area contributed by atoms with Crippen LogP contribution in [0.2, 0.25) is 5.02 Å². The quantitative estimate of drug-likeness (QED) is 0.636. The van der Waals surface area contributed by atoms with Crippen LogP contribution in [0, 0.1) is 5.82 Å². The minimum atomic E-state index is -0.350. The van der Waals surface area contributed by atoms with Gasteiger partial charge in [0.15, 0.2) is 0 Å². The van der Waals surface area contributed by atoms with E-state index < -0.39 is 0 Å². The van der Waals surface area contributed by atoms with Gasteiger partial charge in [-0.25, -0.2) is 4.39 Å². The Hall–Kier alpha value is -1.62. The molecule has 0 spiro atoms. The fourth-order valence-corrected chi connectivity index (χ4v) is 2.08. The summed E-state index contributed by atoms with van der Waals surface area (Å²) >= 11 is 6.00. The van der Waals surface area contributed by atoms with E-state index in [0.29, 0.717) is 18.1 Å². The van der Waals surface area contributed by atoms with Crippen molar-refractivity contribution < 1.29 is 9.13 Å². The number of nitrogens with one attached hydrogen (secondary N) is 1. The average molecular weight is 295 g/mol. The maximum atomic E-state index is 13.0. The van der Waals surface area contributed by atoms with Gasteiger partial charge in [0, 0.05) is 5.02 Å². The molecule has 1 unspecified atom stereocenters. The Kier molecular flexibility index (Phi) is 5.35. The fourth-order valence-electron chi connectivity index (χ4n) is 1.83. The van der Waals surface area contributed by atoms with Crippen molar-refractivity contribution in [2.24, 2.45) is 5.84 Å². The standard InChI is InChI=1S/C15H16ClFN2O/c16-15-9-12(17)7-6-11(15)8-13(19-18)10-20-14-4-2-1-3-5-14/h1-7,9,13,19H,8,10,18H2. The van der Waals surface area contributed by atoms with Crippen LogP contribution in [-0.2, 0) is 6.42 Å². The van der Waals surface area contributed by atoms with Gasteiger partial charge in [-0.1, -0.05) is 35.9 Å². The van der Waals surface area contributed by atoms with Crippen LogP contribution >= 0.6 is 11.6 Å². The summed E-state index contributed by atoms with van der Waals surface area (Å²) in [6.45, 7) is 0.397. The largest absolute Gasteiger partial charge is 0.492 e. The minimum Gasteiger partial charge on any atom is -0.492 e. The molecule has 0 fully saturated rings. The van der Waals surface area contributed by atoms with Gasteiger partial charge in [0.2, 0.25) is 0 Å². The van der Waals surface area contributed by atoms with Crippen molar-refractivity contribution in [3.05, 3.63) is 64.9 Å². The van der Waals surface area contributed by atoms with Gasteiger partial charge in [0.25, 0.3) is 0 Å².